The molecule has 0 radical (unpaired) electrons. The van der Waals surface area contributed by atoms with Crippen molar-refractivity contribution in [2.24, 2.45) is 0 Å². The molecule has 2 aromatic carbocycles. The fourth-order valence-corrected chi connectivity index (χ4v) is 5.10. The van der Waals surface area contributed by atoms with Crippen molar-refractivity contribution in [2.75, 3.05) is 29.9 Å². The molecular weight excluding hydrogens is 441 g/mol. The van der Waals surface area contributed by atoms with Gasteiger partial charge in [-0.1, -0.05) is 23.7 Å². The first-order valence-corrected chi connectivity index (χ1v) is 11.3. The SMILES string of the molecule is O=C(CN1C(=O)C(C(=O)N2CCCCC2)Sc2ccccc21)Nc1ccc(F)c(Cl)c1. The number of amides is 3. The molecule has 0 aromatic heterocycles. The van der Waals surface area contributed by atoms with E-state index in [0.29, 0.717) is 24.5 Å². The van der Waals surface area contributed by atoms with Gasteiger partial charge in [0, 0.05) is 23.7 Å². The molecule has 0 bridgehead atoms. The summed E-state index contributed by atoms with van der Waals surface area (Å²) >= 11 is 7.00. The topological polar surface area (TPSA) is 69.7 Å². The zero-order valence-corrected chi connectivity index (χ0v) is 18.2. The summed E-state index contributed by atoms with van der Waals surface area (Å²) in [4.78, 5) is 42.9. The smallest absolute Gasteiger partial charge is 0.250 e. The van der Waals surface area contributed by atoms with Crippen LogP contribution in [0.2, 0.25) is 5.02 Å². The van der Waals surface area contributed by atoms with Crippen molar-refractivity contribution in [1.82, 2.24) is 4.90 Å². The standard InChI is InChI=1S/C22H21ClFN3O3S/c23-15-12-14(8-9-16(15)24)25-19(28)13-27-17-6-2-3-7-18(17)31-20(22(27)30)21(29)26-10-4-1-5-11-26/h2-3,6-9,12,20H,1,4-5,10-11,13H2,(H,25,28). The third kappa shape index (κ3) is 4.70. The molecule has 0 saturated carbocycles. The van der Waals surface area contributed by atoms with Gasteiger partial charge in [0.1, 0.15) is 12.4 Å². The van der Waals surface area contributed by atoms with E-state index in [4.69, 9.17) is 11.6 Å². The molecular formula is C22H21ClFN3O3S. The third-order valence-corrected chi connectivity index (χ3v) is 6.82. The highest BCUT2D eigenvalue weighted by Crippen LogP contribution is 2.40. The Bertz CT molecular complexity index is 1030. The van der Waals surface area contributed by atoms with E-state index in [9.17, 15) is 18.8 Å². The molecule has 1 saturated heterocycles. The quantitative estimate of drug-likeness (QED) is 0.700. The van der Waals surface area contributed by atoms with Gasteiger partial charge in [-0.15, -0.1) is 11.8 Å². The first kappa shape index (κ1) is 21.6. The largest absolute Gasteiger partial charge is 0.341 e. The van der Waals surface area contributed by atoms with Crippen molar-refractivity contribution >= 4 is 52.5 Å². The second kappa shape index (κ2) is 9.28. The van der Waals surface area contributed by atoms with Crippen LogP contribution in [0.4, 0.5) is 15.8 Å². The number of para-hydroxylation sites is 1. The molecule has 2 aliphatic rings. The van der Waals surface area contributed by atoms with E-state index >= 15 is 0 Å². The lowest BCUT2D eigenvalue weighted by Crippen LogP contribution is -2.52. The van der Waals surface area contributed by atoms with Crippen LogP contribution < -0.4 is 10.2 Å². The minimum Gasteiger partial charge on any atom is -0.341 e. The maximum absolute atomic E-state index is 13.4. The van der Waals surface area contributed by atoms with Crippen molar-refractivity contribution in [2.45, 2.75) is 29.4 Å². The number of halogens is 2. The Morgan fingerprint density at radius 1 is 1.13 bits per heavy atom. The maximum Gasteiger partial charge on any atom is 0.250 e. The van der Waals surface area contributed by atoms with Gasteiger partial charge in [-0.25, -0.2) is 4.39 Å². The van der Waals surface area contributed by atoms with Crippen LogP contribution in [0, 0.1) is 5.82 Å². The van der Waals surface area contributed by atoms with E-state index in [-0.39, 0.29) is 17.5 Å². The van der Waals surface area contributed by atoms with Gasteiger partial charge in [0.2, 0.25) is 11.8 Å². The summed E-state index contributed by atoms with van der Waals surface area (Å²) in [6.45, 7) is 1.03. The number of likely N-dealkylation sites (tertiary alicyclic amines) is 1. The van der Waals surface area contributed by atoms with Gasteiger partial charge >= 0.3 is 0 Å². The molecule has 1 N–H and O–H groups in total. The summed E-state index contributed by atoms with van der Waals surface area (Å²) < 4.78 is 13.4. The molecule has 2 aromatic rings. The van der Waals surface area contributed by atoms with Crippen LogP contribution in [0.5, 0.6) is 0 Å². The number of nitrogens with zero attached hydrogens (tertiary/aromatic N) is 2. The van der Waals surface area contributed by atoms with Crippen LogP contribution in [-0.4, -0.2) is 47.5 Å². The highest BCUT2D eigenvalue weighted by Gasteiger charge is 2.40. The van der Waals surface area contributed by atoms with Gasteiger partial charge in [0.15, 0.2) is 5.25 Å². The second-order valence-corrected chi connectivity index (χ2v) is 9.01. The molecule has 9 heteroatoms. The van der Waals surface area contributed by atoms with E-state index in [0.717, 1.165) is 30.2 Å². The Kier molecular flexibility index (Phi) is 6.48. The van der Waals surface area contributed by atoms with E-state index in [2.05, 4.69) is 5.32 Å². The molecule has 31 heavy (non-hydrogen) atoms. The summed E-state index contributed by atoms with van der Waals surface area (Å²) in [6, 6.07) is 11.1. The highest BCUT2D eigenvalue weighted by molar-refractivity contribution is 8.01. The molecule has 0 spiro atoms. The number of rotatable bonds is 4. The van der Waals surface area contributed by atoms with Crippen LogP contribution in [-0.2, 0) is 14.4 Å². The number of hydrogen-bond donors (Lipinski definition) is 1. The first-order chi connectivity index (χ1) is 14.9. The minimum absolute atomic E-state index is 0.110. The number of fused-ring (bicyclic) bond motifs is 1. The van der Waals surface area contributed by atoms with E-state index < -0.39 is 22.9 Å². The maximum atomic E-state index is 13.4. The van der Waals surface area contributed by atoms with Gasteiger partial charge in [0.05, 0.1) is 10.7 Å². The summed E-state index contributed by atoms with van der Waals surface area (Å²) in [6.07, 6.45) is 2.94. The molecule has 1 fully saturated rings. The Balaban J connectivity index is 1.54. The predicted octanol–water partition coefficient (Wildman–Crippen LogP) is 3.94. The number of benzene rings is 2. The summed E-state index contributed by atoms with van der Waals surface area (Å²) in [7, 11) is 0. The van der Waals surface area contributed by atoms with Crippen LogP contribution in [0.25, 0.3) is 0 Å². The van der Waals surface area contributed by atoms with Gasteiger partial charge in [-0.2, -0.15) is 0 Å². The fraction of sp³-hybridized carbons (Fsp3) is 0.318. The Morgan fingerprint density at radius 3 is 2.61 bits per heavy atom. The van der Waals surface area contributed by atoms with E-state index in [1.165, 1.54) is 28.8 Å². The first-order valence-electron chi connectivity index (χ1n) is 10.0. The van der Waals surface area contributed by atoms with Crippen LogP contribution in [0.15, 0.2) is 47.4 Å². The zero-order chi connectivity index (χ0) is 22.0. The third-order valence-electron chi connectivity index (χ3n) is 5.29. The summed E-state index contributed by atoms with van der Waals surface area (Å²) in [5, 5.41) is 1.60. The summed E-state index contributed by atoms with van der Waals surface area (Å²) in [5.41, 5.74) is 0.914. The van der Waals surface area contributed by atoms with Crippen molar-refractivity contribution in [3.63, 3.8) is 0 Å². The van der Waals surface area contributed by atoms with Gasteiger partial charge < -0.3 is 15.1 Å². The minimum atomic E-state index is -0.916. The Hall–Kier alpha value is -2.58. The lowest BCUT2D eigenvalue weighted by molar-refractivity contribution is -0.135. The second-order valence-electron chi connectivity index (χ2n) is 7.45. The number of hydrogen-bond acceptors (Lipinski definition) is 4. The zero-order valence-electron chi connectivity index (χ0n) is 16.6. The molecule has 1 atom stereocenters. The number of carbonyl (C=O) groups excluding carboxylic acids is 3. The fourth-order valence-electron chi connectivity index (χ4n) is 3.73. The lowest BCUT2D eigenvalue weighted by atomic mass is 10.1. The Labute approximate surface area is 188 Å². The number of anilines is 2. The molecule has 3 amide bonds. The van der Waals surface area contributed by atoms with Crippen molar-refractivity contribution in [1.29, 1.82) is 0 Å². The van der Waals surface area contributed by atoms with Crippen molar-refractivity contribution in [3.8, 4) is 0 Å². The number of carbonyl (C=O) groups is 3. The van der Waals surface area contributed by atoms with Crippen LogP contribution in [0.3, 0.4) is 0 Å². The average Bonchev–Trinajstić information content (AvgIpc) is 2.78. The molecule has 2 aliphatic heterocycles. The number of thioether (sulfide) groups is 1. The van der Waals surface area contributed by atoms with Crippen LogP contribution in [0.1, 0.15) is 19.3 Å². The Morgan fingerprint density at radius 2 is 1.87 bits per heavy atom. The normalized spacial score (nSPS) is 18.5. The average molecular weight is 462 g/mol. The molecule has 162 valence electrons. The number of nitrogens with one attached hydrogen (secondary N) is 1. The van der Waals surface area contributed by atoms with Crippen molar-refractivity contribution in [3.05, 3.63) is 53.3 Å². The molecule has 4 rings (SSSR count). The van der Waals surface area contributed by atoms with Gasteiger partial charge in [-0.05, 0) is 49.6 Å². The van der Waals surface area contributed by atoms with E-state index in [1.54, 1.807) is 17.0 Å². The van der Waals surface area contributed by atoms with Crippen molar-refractivity contribution < 1.29 is 18.8 Å². The number of piperidine rings is 1. The monoisotopic (exact) mass is 461 g/mol. The van der Waals surface area contributed by atoms with Gasteiger partial charge in [-0.3, -0.25) is 14.4 Å². The summed E-state index contributed by atoms with van der Waals surface area (Å²) in [5.74, 6) is -1.68. The lowest BCUT2D eigenvalue weighted by Gasteiger charge is -2.36. The molecule has 6 nitrogen and oxygen atoms in total. The predicted molar refractivity (Wildman–Crippen MR) is 119 cm³/mol. The van der Waals surface area contributed by atoms with Crippen LogP contribution >= 0.6 is 23.4 Å². The molecule has 0 aliphatic carbocycles. The highest BCUT2D eigenvalue weighted by atomic mass is 35.5. The van der Waals surface area contributed by atoms with E-state index in [1.807, 2.05) is 12.1 Å². The van der Waals surface area contributed by atoms with Gasteiger partial charge in [0.25, 0.3) is 5.91 Å². The molecule has 2 heterocycles. The molecule has 1 unspecified atom stereocenters.